The zero-order valence-corrected chi connectivity index (χ0v) is 16.8. The highest BCUT2D eigenvalue weighted by Gasteiger charge is 2.33. The zero-order valence-electron chi connectivity index (χ0n) is 15.2. The topological polar surface area (TPSA) is 98.2 Å². The smallest absolute Gasteiger partial charge is 0.307 e. The van der Waals surface area contributed by atoms with E-state index in [1.54, 1.807) is 4.90 Å². The summed E-state index contributed by atoms with van der Waals surface area (Å²) >= 11 is 0. The molecule has 0 radical (unpaired) electrons. The number of aliphatic carboxylic acids is 1. The van der Waals surface area contributed by atoms with Crippen molar-refractivity contribution in [3.63, 3.8) is 0 Å². The first kappa shape index (κ1) is 22.5. The molecule has 2 aliphatic rings. The Kier molecular flexibility index (Phi) is 7.38. The van der Waals surface area contributed by atoms with Gasteiger partial charge in [0.1, 0.15) is 5.82 Å². The first-order valence-electron chi connectivity index (χ1n) is 8.76. The minimum Gasteiger partial charge on any atom is -0.481 e. The molecule has 2 saturated heterocycles. The van der Waals surface area contributed by atoms with Gasteiger partial charge in [-0.25, -0.2) is 12.8 Å². The van der Waals surface area contributed by atoms with Gasteiger partial charge in [-0.1, -0.05) is 6.07 Å². The van der Waals surface area contributed by atoms with Gasteiger partial charge < -0.3 is 10.0 Å². The summed E-state index contributed by atoms with van der Waals surface area (Å²) in [7, 11) is -3.79. The van der Waals surface area contributed by atoms with E-state index in [2.05, 4.69) is 0 Å². The normalized spacial score (nSPS) is 21.3. The number of hydrogen-bond donors (Lipinski definition) is 1. The lowest BCUT2D eigenvalue weighted by atomic mass is 10.1. The van der Waals surface area contributed by atoms with Crippen LogP contribution in [0.4, 0.5) is 4.39 Å². The van der Waals surface area contributed by atoms with Crippen molar-refractivity contribution < 1.29 is 27.5 Å². The summed E-state index contributed by atoms with van der Waals surface area (Å²) in [5, 5.41) is 9.02. The number of hydrogen-bond acceptors (Lipinski definition) is 5. The number of carboxylic acid groups (broad SMARTS) is 1. The molecular formula is C17H23ClFN3O5S. The highest BCUT2D eigenvalue weighted by Crippen LogP contribution is 2.19. The third-order valence-corrected chi connectivity index (χ3v) is 6.90. The van der Waals surface area contributed by atoms with E-state index in [1.165, 1.54) is 22.5 Å². The Morgan fingerprint density at radius 2 is 1.82 bits per heavy atom. The van der Waals surface area contributed by atoms with Gasteiger partial charge in [-0.2, -0.15) is 4.31 Å². The van der Waals surface area contributed by atoms with Crippen LogP contribution in [0.25, 0.3) is 0 Å². The first-order chi connectivity index (χ1) is 12.8. The van der Waals surface area contributed by atoms with Crippen LogP contribution < -0.4 is 0 Å². The number of nitrogens with zero attached hydrogens (tertiary/aromatic N) is 3. The second kappa shape index (κ2) is 9.17. The maximum Gasteiger partial charge on any atom is 0.307 e. The summed E-state index contributed by atoms with van der Waals surface area (Å²) in [4.78, 5) is 26.7. The maximum atomic E-state index is 13.3. The van der Waals surface area contributed by atoms with E-state index >= 15 is 0 Å². The van der Waals surface area contributed by atoms with E-state index in [4.69, 9.17) is 5.11 Å². The molecule has 0 aromatic heterocycles. The van der Waals surface area contributed by atoms with E-state index in [-0.39, 0.29) is 55.9 Å². The number of carbonyl (C=O) groups excluding carboxylic acids is 1. The van der Waals surface area contributed by atoms with Gasteiger partial charge in [-0.3, -0.25) is 14.5 Å². The van der Waals surface area contributed by atoms with Crippen molar-refractivity contribution in [3.05, 3.63) is 30.1 Å². The molecule has 2 fully saturated rings. The van der Waals surface area contributed by atoms with Gasteiger partial charge in [-0.05, 0) is 31.2 Å². The molecule has 1 amide bonds. The van der Waals surface area contributed by atoms with Crippen molar-refractivity contribution in [2.24, 2.45) is 5.92 Å². The number of carbonyl (C=O) groups is 2. The van der Waals surface area contributed by atoms with Crippen LogP contribution in [0, 0.1) is 11.7 Å². The summed E-state index contributed by atoms with van der Waals surface area (Å²) in [6.45, 7) is 1.85. The molecule has 0 saturated carbocycles. The minimum atomic E-state index is -3.79. The average Bonchev–Trinajstić information content (AvgIpc) is 3.10. The Balaban J connectivity index is 0.00000280. The summed E-state index contributed by atoms with van der Waals surface area (Å²) in [6, 6.07) is 4.87. The van der Waals surface area contributed by atoms with Crippen LogP contribution in [-0.2, 0) is 19.6 Å². The maximum absolute atomic E-state index is 13.3. The molecule has 0 spiro atoms. The molecule has 1 N–H and O–H groups in total. The number of likely N-dealkylation sites (tertiary alicyclic amines) is 1. The Hall–Kier alpha value is -1.75. The Bertz CT molecular complexity index is 830. The number of rotatable bonds is 5. The van der Waals surface area contributed by atoms with Gasteiger partial charge in [0, 0.05) is 32.7 Å². The highest BCUT2D eigenvalue weighted by atomic mass is 35.5. The minimum absolute atomic E-state index is 0. The molecule has 1 atom stereocenters. The van der Waals surface area contributed by atoms with Crippen molar-refractivity contribution in [3.8, 4) is 0 Å². The lowest BCUT2D eigenvalue weighted by Crippen LogP contribution is -2.52. The van der Waals surface area contributed by atoms with Crippen molar-refractivity contribution >= 4 is 34.3 Å². The molecule has 3 rings (SSSR count). The van der Waals surface area contributed by atoms with E-state index in [0.717, 1.165) is 6.07 Å². The fourth-order valence-corrected chi connectivity index (χ4v) is 4.88. The van der Waals surface area contributed by atoms with Crippen LogP contribution in [0.15, 0.2) is 29.2 Å². The number of benzene rings is 1. The van der Waals surface area contributed by atoms with E-state index in [9.17, 15) is 22.4 Å². The van der Waals surface area contributed by atoms with Gasteiger partial charge in [-0.15, -0.1) is 12.4 Å². The average molecular weight is 436 g/mol. The van der Waals surface area contributed by atoms with Crippen LogP contribution in [0.5, 0.6) is 0 Å². The highest BCUT2D eigenvalue weighted by molar-refractivity contribution is 7.89. The molecule has 156 valence electrons. The molecular weight excluding hydrogens is 413 g/mol. The van der Waals surface area contributed by atoms with Crippen LogP contribution in [0.2, 0.25) is 0 Å². The van der Waals surface area contributed by atoms with Crippen LogP contribution in [-0.4, -0.2) is 85.3 Å². The van der Waals surface area contributed by atoms with Gasteiger partial charge >= 0.3 is 5.97 Å². The van der Waals surface area contributed by atoms with Crippen LogP contribution in [0.1, 0.15) is 6.42 Å². The van der Waals surface area contributed by atoms with E-state index < -0.39 is 27.7 Å². The van der Waals surface area contributed by atoms with E-state index in [1.807, 2.05) is 4.90 Å². The second-order valence-electron chi connectivity index (χ2n) is 6.80. The fourth-order valence-electron chi connectivity index (χ4n) is 3.42. The van der Waals surface area contributed by atoms with Crippen molar-refractivity contribution in [1.82, 2.24) is 14.1 Å². The third-order valence-electron chi connectivity index (χ3n) is 5.01. The number of sulfonamides is 1. The lowest BCUT2D eigenvalue weighted by molar-refractivity contribution is -0.141. The van der Waals surface area contributed by atoms with Gasteiger partial charge in [0.05, 0.1) is 17.4 Å². The van der Waals surface area contributed by atoms with Crippen molar-refractivity contribution in [2.45, 2.75) is 11.3 Å². The first-order valence-corrected chi connectivity index (χ1v) is 10.2. The standard InChI is InChI=1S/C17H22FN3O5S.ClH/c18-14-2-1-3-15(10-14)27(25,26)21-8-6-20(7-9-21)16(22)12-19-5-4-13(11-19)17(23)24;/h1-3,10,13H,4-9,11-12H2,(H,23,24);1H. The quantitative estimate of drug-likeness (QED) is 0.722. The number of amides is 1. The molecule has 11 heteroatoms. The molecule has 2 heterocycles. The van der Waals surface area contributed by atoms with Gasteiger partial charge in [0.15, 0.2) is 0 Å². The summed E-state index contributed by atoms with van der Waals surface area (Å²) < 4.78 is 39.8. The Morgan fingerprint density at radius 1 is 1.14 bits per heavy atom. The zero-order chi connectivity index (χ0) is 19.6. The van der Waals surface area contributed by atoms with Gasteiger partial charge in [0.25, 0.3) is 0 Å². The number of halogens is 2. The predicted octanol–water partition coefficient (Wildman–Crippen LogP) is 0.487. The third kappa shape index (κ3) is 4.99. The molecule has 1 aromatic rings. The summed E-state index contributed by atoms with van der Waals surface area (Å²) in [6.07, 6.45) is 0.530. The van der Waals surface area contributed by atoms with Crippen molar-refractivity contribution in [1.29, 1.82) is 0 Å². The SMILES string of the molecule is Cl.O=C(O)C1CCN(CC(=O)N2CCN(S(=O)(=O)c3cccc(F)c3)CC2)C1. The molecule has 28 heavy (non-hydrogen) atoms. The Labute approximate surface area is 169 Å². The number of carboxylic acids is 1. The second-order valence-corrected chi connectivity index (χ2v) is 8.74. The van der Waals surface area contributed by atoms with Crippen molar-refractivity contribution in [2.75, 3.05) is 45.8 Å². The van der Waals surface area contributed by atoms with Crippen LogP contribution >= 0.6 is 12.4 Å². The van der Waals surface area contributed by atoms with Crippen LogP contribution in [0.3, 0.4) is 0 Å². The van der Waals surface area contributed by atoms with E-state index in [0.29, 0.717) is 19.5 Å². The molecule has 1 aromatic carbocycles. The number of piperazine rings is 1. The largest absolute Gasteiger partial charge is 0.481 e. The summed E-state index contributed by atoms with van der Waals surface area (Å²) in [5.41, 5.74) is 0. The molecule has 8 nitrogen and oxygen atoms in total. The fraction of sp³-hybridized carbons (Fsp3) is 0.529. The monoisotopic (exact) mass is 435 g/mol. The lowest BCUT2D eigenvalue weighted by Gasteiger charge is -2.34. The molecule has 2 aliphatic heterocycles. The van der Waals surface area contributed by atoms with Gasteiger partial charge in [0.2, 0.25) is 15.9 Å². The Morgan fingerprint density at radius 3 is 2.39 bits per heavy atom. The summed E-state index contributed by atoms with van der Waals surface area (Å²) in [5.74, 6) is -2.04. The predicted molar refractivity (Wildman–Crippen MR) is 101 cm³/mol. The molecule has 1 unspecified atom stereocenters. The molecule has 0 aliphatic carbocycles. The molecule has 0 bridgehead atoms.